The first-order chi connectivity index (χ1) is 17.3. The van der Waals surface area contributed by atoms with Crippen LogP contribution >= 0.6 is 23.2 Å². The molecule has 5 rings (SSSR count). The maximum Gasteiger partial charge on any atom is 0.410 e. The number of hydrogen-bond acceptors (Lipinski definition) is 6. The summed E-state index contributed by atoms with van der Waals surface area (Å²) in [6, 6.07) is 2.32. The fraction of sp³-hybridized carbons (Fsp3) is 0.500. The first-order valence-corrected chi connectivity index (χ1v) is 12.5. The summed E-state index contributed by atoms with van der Waals surface area (Å²) in [6.45, 7) is 5.50. The quantitative estimate of drug-likeness (QED) is 0.393. The highest BCUT2D eigenvalue weighted by Gasteiger charge is 2.59. The van der Waals surface area contributed by atoms with E-state index in [0.717, 1.165) is 4.68 Å². The lowest BCUT2D eigenvalue weighted by molar-refractivity contribution is 0.0111. The van der Waals surface area contributed by atoms with Crippen molar-refractivity contribution in [1.82, 2.24) is 24.6 Å². The molecule has 1 amide bonds. The summed E-state index contributed by atoms with van der Waals surface area (Å²) in [5.41, 5.74) is 0.711. The molecule has 3 atom stereocenters. The summed E-state index contributed by atoms with van der Waals surface area (Å²) in [6.07, 6.45) is 1.04. The molecule has 3 heterocycles. The number of ether oxygens (including phenoxy) is 1. The minimum atomic E-state index is -2.82. The van der Waals surface area contributed by atoms with E-state index in [0.29, 0.717) is 34.5 Å². The van der Waals surface area contributed by atoms with Gasteiger partial charge < -0.3 is 15.0 Å². The summed E-state index contributed by atoms with van der Waals surface area (Å²) in [5.74, 6) is -3.18. The molecule has 37 heavy (non-hydrogen) atoms. The van der Waals surface area contributed by atoms with Crippen LogP contribution in [0.1, 0.15) is 51.1 Å². The maximum absolute atomic E-state index is 15.3. The Labute approximate surface area is 221 Å². The largest absolute Gasteiger partial charge is 0.444 e. The van der Waals surface area contributed by atoms with Crippen LogP contribution in [0.15, 0.2) is 24.5 Å². The minimum absolute atomic E-state index is 0.0275. The lowest BCUT2D eigenvalue weighted by Gasteiger charge is -2.36. The number of amides is 1. The van der Waals surface area contributed by atoms with Crippen molar-refractivity contribution in [3.63, 3.8) is 0 Å². The Hall–Kier alpha value is -2.79. The molecule has 2 aliphatic rings. The number of nitrogens with one attached hydrogen (secondary N) is 1. The van der Waals surface area contributed by atoms with Crippen LogP contribution in [0.5, 0.6) is 0 Å². The predicted octanol–water partition coefficient (Wildman–Crippen LogP) is 6.52. The van der Waals surface area contributed by atoms with E-state index in [9.17, 15) is 13.6 Å². The van der Waals surface area contributed by atoms with Crippen LogP contribution in [0.25, 0.3) is 10.9 Å². The first kappa shape index (κ1) is 25.8. The average molecular weight is 557 g/mol. The van der Waals surface area contributed by atoms with Gasteiger partial charge in [0.05, 0.1) is 23.9 Å². The Kier molecular flexibility index (Phi) is 6.42. The number of alkyl halides is 3. The molecule has 1 aliphatic carbocycles. The van der Waals surface area contributed by atoms with E-state index < -0.39 is 35.7 Å². The zero-order valence-electron chi connectivity index (χ0n) is 20.3. The number of aromatic nitrogens is 4. The molecule has 0 spiro atoms. The third-order valence-electron chi connectivity index (χ3n) is 6.36. The second-order valence-corrected chi connectivity index (χ2v) is 11.1. The standard InChI is InChI=1S/C24H25Cl2F3N6O2/c1-23(2,3)37-22(36)34-5-4-13(16(27)11-34)14-7-17-12(6-15(14)25)9-30-21(32-17)33-18-10-31-35(20(18)26)19-8-24(19,28)29/h6-7,9-10,13,16,19H,4-5,8,11H2,1-3H3,(H,30,32,33)/t13-,16+,19+/m1/s1. The van der Waals surface area contributed by atoms with Crippen molar-refractivity contribution in [2.75, 3.05) is 18.4 Å². The molecule has 1 aromatic carbocycles. The van der Waals surface area contributed by atoms with Crippen LogP contribution in [0, 0.1) is 0 Å². The fourth-order valence-corrected chi connectivity index (χ4v) is 4.96. The molecular weight excluding hydrogens is 532 g/mol. The van der Waals surface area contributed by atoms with E-state index in [2.05, 4.69) is 20.4 Å². The van der Waals surface area contributed by atoms with Crippen molar-refractivity contribution >= 4 is 51.8 Å². The van der Waals surface area contributed by atoms with Gasteiger partial charge in [-0.3, -0.25) is 0 Å². The number of anilines is 2. The second kappa shape index (κ2) is 9.20. The van der Waals surface area contributed by atoms with Crippen LogP contribution in [0.2, 0.25) is 10.2 Å². The number of carbonyl (C=O) groups is 1. The molecule has 2 fully saturated rings. The van der Waals surface area contributed by atoms with Crippen LogP contribution in [-0.2, 0) is 4.74 Å². The lowest BCUT2D eigenvalue weighted by Crippen LogP contribution is -2.46. The van der Waals surface area contributed by atoms with Gasteiger partial charge in [0, 0.05) is 35.5 Å². The summed E-state index contributed by atoms with van der Waals surface area (Å²) in [5, 5.41) is 7.91. The predicted molar refractivity (Wildman–Crippen MR) is 134 cm³/mol. The number of halogens is 5. The molecule has 0 bridgehead atoms. The third kappa shape index (κ3) is 5.29. The summed E-state index contributed by atoms with van der Waals surface area (Å²) >= 11 is 12.7. The summed E-state index contributed by atoms with van der Waals surface area (Å²) in [7, 11) is 0. The number of rotatable bonds is 4. The Morgan fingerprint density at radius 3 is 2.62 bits per heavy atom. The van der Waals surface area contributed by atoms with Crippen LogP contribution in [0.4, 0.5) is 29.6 Å². The molecule has 1 saturated heterocycles. The number of fused-ring (bicyclic) bond motifs is 1. The lowest BCUT2D eigenvalue weighted by atomic mass is 9.87. The molecule has 13 heteroatoms. The zero-order valence-corrected chi connectivity index (χ0v) is 21.8. The van der Waals surface area contributed by atoms with Gasteiger partial charge in [0.25, 0.3) is 5.92 Å². The average Bonchev–Trinajstić information content (AvgIpc) is 3.29. The number of hydrogen-bond donors (Lipinski definition) is 1. The van der Waals surface area contributed by atoms with E-state index in [-0.39, 0.29) is 29.8 Å². The van der Waals surface area contributed by atoms with E-state index in [1.165, 1.54) is 11.1 Å². The highest BCUT2D eigenvalue weighted by molar-refractivity contribution is 6.32. The van der Waals surface area contributed by atoms with Crippen molar-refractivity contribution in [3.05, 3.63) is 40.3 Å². The molecule has 1 aliphatic heterocycles. The second-order valence-electron chi connectivity index (χ2n) is 10.4. The minimum Gasteiger partial charge on any atom is -0.444 e. The third-order valence-corrected chi connectivity index (χ3v) is 7.06. The van der Waals surface area contributed by atoms with Gasteiger partial charge >= 0.3 is 6.09 Å². The van der Waals surface area contributed by atoms with Crippen LogP contribution in [0.3, 0.4) is 0 Å². The number of likely N-dealkylation sites (tertiary alicyclic amines) is 1. The van der Waals surface area contributed by atoms with Crippen molar-refractivity contribution in [2.24, 2.45) is 0 Å². The molecule has 1 saturated carbocycles. The molecule has 1 N–H and O–H groups in total. The van der Waals surface area contributed by atoms with Gasteiger partial charge in [0.1, 0.15) is 17.8 Å². The topological polar surface area (TPSA) is 85.2 Å². The number of carbonyl (C=O) groups excluding carboxylic acids is 1. The molecule has 8 nitrogen and oxygen atoms in total. The highest BCUT2D eigenvalue weighted by Crippen LogP contribution is 2.53. The van der Waals surface area contributed by atoms with Crippen LogP contribution in [-0.4, -0.2) is 61.5 Å². The summed E-state index contributed by atoms with van der Waals surface area (Å²) < 4.78 is 48.6. The molecule has 198 valence electrons. The van der Waals surface area contributed by atoms with Gasteiger partial charge in [-0.1, -0.05) is 23.2 Å². The number of nitrogens with zero attached hydrogens (tertiary/aromatic N) is 5. The van der Waals surface area contributed by atoms with E-state index >= 15 is 4.39 Å². The van der Waals surface area contributed by atoms with Crippen molar-refractivity contribution in [1.29, 1.82) is 0 Å². The molecule has 2 aromatic heterocycles. The Bertz CT molecular complexity index is 1360. The van der Waals surface area contributed by atoms with E-state index in [4.69, 9.17) is 27.9 Å². The van der Waals surface area contributed by atoms with Gasteiger partial charge in [-0.25, -0.2) is 32.6 Å². The van der Waals surface area contributed by atoms with Crippen molar-refractivity contribution < 1.29 is 22.7 Å². The Morgan fingerprint density at radius 2 is 1.97 bits per heavy atom. The summed E-state index contributed by atoms with van der Waals surface area (Å²) in [4.78, 5) is 22.5. The monoisotopic (exact) mass is 556 g/mol. The number of benzene rings is 1. The smallest absolute Gasteiger partial charge is 0.410 e. The Morgan fingerprint density at radius 1 is 1.24 bits per heavy atom. The van der Waals surface area contributed by atoms with Gasteiger partial charge in [-0.05, 0) is 44.9 Å². The normalized spacial score (nSPS) is 23.2. The Balaban J connectivity index is 1.34. The highest BCUT2D eigenvalue weighted by atomic mass is 35.5. The van der Waals surface area contributed by atoms with Gasteiger partial charge in [0.15, 0.2) is 5.15 Å². The molecule has 0 unspecified atom stereocenters. The van der Waals surface area contributed by atoms with Gasteiger partial charge in [-0.15, -0.1) is 0 Å². The van der Waals surface area contributed by atoms with Crippen molar-refractivity contribution in [3.8, 4) is 0 Å². The van der Waals surface area contributed by atoms with Gasteiger partial charge in [0.2, 0.25) is 5.95 Å². The number of piperidine rings is 1. The molecule has 3 aromatic rings. The zero-order chi connectivity index (χ0) is 26.7. The van der Waals surface area contributed by atoms with Gasteiger partial charge in [-0.2, -0.15) is 5.10 Å². The van der Waals surface area contributed by atoms with Crippen molar-refractivity contribution in [2.45, 2.75) is 63.3 Å². The SMILES string of the molecule is CC(C)(C)OC(=O)N1CC[C@H](c2cc3nc(Nc4cnn([C@H]5CC5(F)F)c4Cl)ncc3cc2Cl)[C@@H](F)C1. The fourth-order valence-electron chi connectivity index (χ4n) is 4.39. The molecule has 0 radical (unpaired) electrons. The van der Waals surface area contributed by atoms with E-state index in [1.54, 1.807) is 39.1 Å². The first-order valence-electron chi connectivity index (χ1n) is 11.8. The van der Waals surface area contributed by atoms with Crippen LogP contribution < -0.4 is 5.32 Å². The van der Waals surface area contributed by atoms with E-state index in [1.807, 2.05) is 0 Å². The molecular formula is C24H25Cl2F3N6O2. The maximum atomic E-state index is 15.3.